The number of carbonyl (C=O) groups excluding carboxylic acids is 1. The molecule has 0 fully saturated rings. The van der Waals surface area contributed by atoms with Gasteiger partial charge in [-0.2, -0.15) is 9.39 Å². The van der Waals surface area contributed by atoms with Crippen LogP contribution in [0.15, 0.2) is 63.5 Å². The molecule has 0 bridgehead atoms. The molecule has 0 radical (unpaired) electrons. The lowest BCUT2D eigenvalue weighted by Crippen LogP contribution is -2.45. The molecular formula is C20H15N5O6S2. The highest BCUT2D eigenvalue weighted by Gasteiger charge is 2.41. The molecule has 0 saturated carbocycles. The van der Waals surface area contributed by atoms with Crippen LogP contribution in [0.2, 0.25) is 0 Å². The lowest BCUT2D eigenvalue weighted by Gasteiger charge is -2.23. The van der Waals surface area contributed by atoms with E-state index >= 15 is 0 Å². The van der Waals surface area contributed by atoms with Crippen LogP contribution in [0.1, 0.15) is 11.1 Å². The van der Waals surface area contributed by atoms with E-state index in [2.05, 4.69) is 9.39 Å². The first kappa shape index (κ1) is 22.4. The molecule has 1 N–H and O–H groups in total. The molecule has 2 heterocycles. The maximum atomic E-state index is 12.4. The van der Waals surface area contributed by atoms with E-state index in [-0.39, 0.29) is 34.0 Å². The summed E-state index contributed by atoms with van der Waals surface area (Å²) in [6.45, 7) is 0.208. The first-order valence-corrected chi connectivity index (χ1v) is 11.9. The minimum atomic E-state index is -3.72. The van der Waals surface area contributed by atoms with Crippen molar-refractivity contribution in [1.29, 1.82) is 5.41 Å². The molecule has 13 heteroatoms. The van der Waals surface area contributed by atoms with Crippen molar-refractivity contribution in [3.63, 3.8) is 0 Å². The molecule has 0 unspecified atom stereocenters. The Bertz CT molecular complexity index is 1360. The highest BCUT2D eigenvalue weighted by molar-refractivity contribution is 8.16. The summed E-state index contributed by atoms with van der Waals surface area (Å²) in [5.74, 6) is -0.455. The number of fused-ring (bicyclic) bond motifs is 1. The number of hydrogen-bond acceptors (Lipinski definition) is 9. The summed E-state index contributed by atoms with van der Waals surface area (Å²) in [4.78, 5) is 27.5. The fraction of sp³-hybridized carbons (Fsp3) is 0.100. The van der Waals surface area contributed by atoms with Crippen LogP contribution in [0.5, 0.6) is 5.75 Å². The topological polar surface area (TPSA) is 155 Å². The van der Waals surface area contributed by atoms with Crippen molar-refractivity contribution < 1.29 is 22.9 Å². The van der Waals surface area contributed by atoms with Crippen LogP contribution in [0.3, 0.4) is 0 Å². The minimum Gasteiger partial charge on any atom is -0.489 e. The van der Waals surface area contributed by atoms with Gasteiger partial charge in [-0.1, -0.05) is 12.1 Å². The standard InChI is InChI=1S/C20H15N5O6S2/c1-33(29,30)20-23-32-19-22-18(26)16(17(21)24(19)20)10-12-4-8-15(9-5-12)31-11-13-2-6-14(7-3-13)25(27)28/h2-10,21H,11H2,1H3/b16-10-,21-17?. The van der Waals surface area contributed by atoms with Gasteiger partial charge in [0, 0.05) is 18.4 Å². The molecule has 168 valence electrons. The fourth-order valence-corrected chi connectivity index (χ4v) is 4.79. The van der Waals surface area contributed by atoms with Crippen molar-refractivity contribution in [1.82, 2.24) is 4.90 Å². The Morgan fingerprint density at radius 3 is 2.45 bits per heavy atom. The van der Waals surface area contributed by atoms with Crippen molar-refractivity contribution in [2.24, 2.45) is 9.39 Å². The molecule has 2 aliphatic rings. The molecule has 2 aliphatic heterocycles. The van der Waals surface area contributed by atoms with Crippen molar-refractivity contribution >= 4 is 55.6 Å². The number of carbonyl (C=O) groups is 1. The molecule has 0 aromatic heterocycles. The average Bonchev–Trinajstić information content (AvgIpc) is 3.21. The number of hydrogen-bond donors (Lipinski definition) is 1. The van der Waals surface area contributed by atoms with E-state index in [9.17, 15) is 23.3 Å². The van der Waals surface area contributed by atoms with Gasteiger partial charge in [-0.05, 0) is 41.5 Å². The quantitative estimate of drug-likeness (QED) is 0.293. The Kier molecular flexibility index (Phi) is 5.82. The van der Waals surface area contributed by atoms with Crippen molar-refractivity contribution in [3.8, 4) is 5.75 Å². The molecule has 0 saturated heterocycles. The normalized spacial score (nSPS) is 17.0. The molecule has 4 rings (SSSR count). The number of amides is 1. The van der Waals surface area contributed by atoms with Crippen molar-refractivity contribution in [2.75, 3.05) is 6.26 Å². The van der Waals surface area contributed by atoms with Gasteiger partial charge in [-0.3, -0.25) is 20.3 Å². The Labute approximate surface area is 192 Å². The lowest BCUT2D eigenvalue weighted by molar-refractivity contribution is -0.384. The van der Waals surface area contributed by atoms with Crippen LogP contribution < -0.4 is 4.74 Å². The summed E-state index contributed by atoms with van der Waals surface area (Å²) in [6, 6.07) is 12.7. The molecule has 1 amide bonds. The second-order valence-electron chi connectivity index (χ2n) is 6.96. The Hall–Kier alpha value is -3.84. The van der Waals surface area contributed by atoms with E-state index in [4.69, 9.17) is 10.1 Å². The Morgan fingerprint density at radius 1 is 1.18 bits per heavy atom. The molecule has 2 aromatic carbocycles. The monoisotopic (exact) mass is 485 g/mol. The zero-order valence-electron chi connectivity index (χ0n) is 17.0. The summed E-state index contributed by atoms with van der Waals surface area (Å²) < 4.78 is 33.4. The van der Waals surface area contributed by atoms with Crippen molar-refractivity contribution in [3.05, 3.63) is 75.3 Å². The van der Waals surface area contributed by atoms with Gasteiger partial charge in [0.15, 0.2) is 0 Å². The number of nitro groups is 1. The van der Waals surface area contributed by atoms with Gasteiger partial charge in [0.25, 0.3) is 11.6 Å². The molecule has 11 nitrogen and oxygen atoms in total. The molecule has 2 aromatic rings. The van der Waals surface area contributed by atoms with E-state index in [0.29, 0.717) is 11.3 Å². The van der Waals surface area contributed by atoms with Crippen LogP contribution in [0, 0.1) is 15.5 Å². The minimum absolute atomic E-state index is 0.00197. The highest BCUT2D eigenvalue weighted by atomic mass is 32.2. The van der Waals surface area contributed by atoms with Crippen LogP contribution in [-0.2, 0) is 21.2 Å². The maximum absolute atomic E-state index is 12.4. The summed E-state index contributed by atoms with van der Waals surface area (Å²) in [6.07, 6.45) is 2.41. The maximum Gasteiger partial charge on any atom is 0.283 e. The number of nitrogens with zero attached hydrogens (tertiary/aromatic N) is 4. The Balaban J connectivity index is 1.48. The Morgan fingerprint density at radius 2 is 1.85 bits per heavy atom. The number of amidine groups is 3. The number of non-ortho nitro benzene ring substituents is 1. The van der Waals surface area contributed by atoms with Crippen LogP contribution >= 0.6 is 11.9 Å². The number of rotatable bonds is 5. The summed E-state index contributed by atoms with van der Waals surface area (Å²) in [5.41, 5.74) is 1.26. The predicted molar refractivity (Wildman–Crippen MR) is 124 cm³/mol. The average molecular weight is 486 g/mol. The number of ether oxygens (including phenoxy) is 1. The highest BCUT2D eigenvalue weighted by Crippen LogP contribution is 2.30. The number of benzene rings is 2. The van der Waals surface area contributed by atoms with E-state index in [1.807, 2.05) is 0 Å². The van der Waals surface area contributed by atoms with Gasteiger partial charge in [0.05, 0.1) is 22.4 Å². The first-order chi connectivity index (χ1) is 15.6. The van der Waals surface area contributed by atoms with Gasteiger partial charge >= 0.3 is 0 Å². The van der Waals surface area contributed by atoms with E-state index in [0.717, 1.165) is 28.7 Å². The second-order valence-corrected chi connectivity index (χ2v) is 9.60. The van der Waals surface area contributed by atoms with Gasteiger partial charge in [-0.25, -0.2) is 13.3 Å². The first-order valence-electron chi connectivity index (χ1n) is 9.28. The number of nitrogens with one attached hydrogen (secondary N) is 1. The predicted octanol–water partition coefficient (Wildman–Crippen LogP) is 2.80. The van der Waals surface area contributed by atoms with Gasteiger partial charge in [0.2, 0.25) is 20.2 Å². The fourth-order valence-electron chi connectivity index (χ4n) is 2.94. The SMILES string of the molecule is CS(=O)(=O)C1=NSC2=NC(=O)/C(=C\c3ccc(OCc4ccc([N+](=O)[O-])cc4)cc3)C(=N)N21. The molecular weight excluding hydrogens is 470 g/mol. The van der Waals surface area contributed by atoms with Crippen LogP contribution in [0.4, 0.5) is 5.69 Å². The molecule has 0 aliphatic carbocycles. The second kappa shape index (κ2) is 8.60. The third-order valence-corrected chi connectivity index (χ3v) is 6.32. The number of sulfone groups is 1. The zero-order valence-corrected chi connectivity index (χ0v) is 18.6. The van der Waals surface area contributed by atoms with E-state index in [1.54, 1.807) is 36.4 Å². The number of nitro benzene ring substituents is 1. The van der Waals surface area contributed by atoms with Crippen molar-refractivity contribution in [2.45, 2.75) is 6.61 Å². The summed E-state index contributed by atoms with van der Waals surface area (Å²) in [7, 11) is -3.72. The lowest BCUT2D eigenvalue weighted by atomic mass is 10.1. The molecule has 33 heavy (non-hydrogen) atoms. The van der Waals surface area contributed by atoms with E-state index in [1.165, 1.54) is 18.2 Å². The zero-order chi connectivity index (χ0) is 23.8. The molecule has 0 atom stereocenters. The number of aliphatic imine (C=N–C) groups is 1. The van der Waals surface area contributed by atoms with Crippen LogP contribution in [-0.4, -0.2) is 46.6 Å². The van der Waals surface area contributed by atoms with Crippen LogP contribution in [0.25, 0.3) is 6.08 Å². The van der Waals surface area contributed by atoms with Gasteiger partial charge < -0.3 is 4.74 Å². The largest absolute Gasteiger partial charge is 0.489 e. The van der Waals surface area contributed by atoms with Gasteiger partial charge in [0.1, 0.15) is 18.2 Å². The molecule has 0 spiro atoms. The van der Waals surface area contributed by atoms with E-state index < -0.39 is 20.7 Å². The third-order valence-electron chi connectivity index (χ3n) is 4.57. The summed E-state index contributed by atoms with van der Waals surface area (Å²) in [5, 5.41) is 18.7. The third kappa shape index (κ3) is 4.68. The smallest absolute Gasteiger partial charge is 0.283 e. The summed E-state index contributed by atoms with van der Waals surface area (Å²) >= 11 is 0.731. The van der Waals surface area contributed by atoms with Gasteiger partial charge in [-0.15, -0.1) is 0 Å².